The average molecular weight is 586 g/mol. The molecule has 1 unspecified atom stereocenters. The third kappa shape index (κ3) is 7.99. The molecule has 10 heteroatoms. The molecule has 0 aliphatic rings. The second kappa shape index (κ2) is 13.7. The van der Waals surface area contributed by atoms with Crippen LogP contribution in [0.25, 0.3) is 0 Å². The number of hydrogen-bond acceptors (Lipinski definition) is 5. The van der Waals surface area contributed by atoms with E-state index in [0.29, 0.717) is 22.9 Å². The molecule has 0 spiro atoms. The third-order valence-electron chi connectivity index (χ3n) is 6.34. The van der Waals surface area contributed by atoms with E-state index in [1.807, 2.05) is 20.8 Å². The number of nitrogens with zero attached hydrogens (tertiary/aromatic N) is 2. The summed E-state index contributed by atoms with van der Waals surface area (Å²) in [5.74, 6) is -0.112. The van der Waals surface area contributed by atoms with E-state index in [1.54, 1.807) is 67.6 Å². The highest BCUT2D eigenvalue weighted by Gasteiger charge is 2.32. The number of halogens is 1. The molecule has 0 radical (unpaired) electrons. The van der Waals surface area contributed by atoms with Crippen LogP contribution >= 0.6 is 11.6 Å². The average Bonchev–Trinajstić information content (AvgIpc) is 2.93. The van der Waals surface area contributed by atoms with Crippen LogP contribution in [0.15, 0.2) is 77.7 Å². The molecule has 0 aliphatic carbocycles. The highest BCUT2D eigenvalue weighted by molar-refractivity contribution is 7.92. The summed E-state index contributed by atoms with van der Waals surface area (Å²) in [6, 6.07) is 19.0. The van der Waals surface area contributed by atoms with Gasteiger partial charge in [0.25, 0.3) is 10.0 Å². The zero-order valence-electron chi connectivity index (χ0n) is 23.4. The summed E-state index contributed by atoms with van der Waals surface area (Å²) in [7, 11) is -2.63. The van der Waals surface area contributed by atoms with E-state index in [0.717, 1.165) is 9.87 Å². The minimum Gasteiger partial charge on any atom is -0.497 e. The highest BCUT2D eigenvalue weighted by Crippen LogP contribution is 2.27. The van der Waals surface area contributed by atoms with Crippen molar-refractivity contribution in [3.8, 4) is 5.75 Å². The van der Waals surface area contributed by atoms with Crippen LogP contribution in [-0.4, -0.2) is 51.4 Å². The SMILES string of the molecule is COc1ccc(N(CC(=O)N(Cc2cccc(Cl)c2)C(C)C(=O)NCC(C)C)S(=O)(=O)c2ccc(C)cc2)cc1. The molecule has 214 valence electrons. The first-order valence-electron chi connectivity index (χ1n) is 13.0. The number of benzene rings is 3. The van der Waals surface area contributed by atoms with Crippen LogP contribution in [0.2, 0.25) is 5.02 Å². The van der Waals surface area contributed by atoms with Gasteiger partial charge in [-0.15, -0.1) is 0 Å². The van der Waals surface area contributed by atoms with Gasteiger partial charge in [0, 0.05) is 18.1 Å². The number of rotatable bonds is 12. The molecule has 2 amide bonds. The lowest BCUT2D eigenvalue weighted by atomic mass is 10.1. The summed E-state index contributed by atoms with van der Waals surface area (Å²) in [6.07, 6.45) is 0. The van der Waals surface area contributed by atoms with Crippen LogP contribution in [0.1, 0.15) is 31.9 Å². The highest BCUT2D eigenvalue weighted by atomic mass is 35.5. The molecule has 0 heterocycles. The van der Waals surface area contributed by atoms with Gasteiger partial charge in [-0.25, -0.2) is 8.42 Å². The molecule has 0 aliphatic heterocycles. The number of carbonyl (C=O) groups is 2. The molecule has 40 heavy (non-hydrogen) atoms. The number of aryl methyl sites for hydroxylation is 1. The Balaban J connectivity index is 2.02. The number of nitrogens with one attached hydrogen (secondary N) is 1. The normalized spacial score (nSPS) is 12.1. The molecule has 3 aromatic rings. The standard InChI is InChI=1S/C30H36ClN3O5S/c1-21(2)18-32-30(36)23(4)33(19-24-7-6-8-25(31)17-24)29(35)20-34(26-11-13-27(39-5)14-12-26)40(37,38)28-15-9-22(3)10-16-28/h6-17,21,23H,18-20H2,1-5H3,(H,32,36). The fourth-order valence-corrected chi connectivity index (χ4v) is 5.61. The molecular formula is C30H36ClN3O5S. The fraction of sp³-hybridized carbons (Fsp3) is 0.333. The minimum atomic E-state index is -4.14. The smallest absolute Gasteiger partial charge is 0.264 e. The van der Waals surface area contributed by atoms with Crippen molar-refractivity contribution >= 4 is 39.1 Å². The first kappa shape index (κ1) is 31.0. The zero-order valence-corrected chi connectivity index (χ0v) is 25.0. The van der Waals surface area contributed by atoms with Gasteiger partial charge in [-0.1, -0.05) is 55.3 Å². The van der Waals surface area contributed by atoms with Crippen LogP contribution in [0, 0.1) is 12.8 Å². The van der Waals surface area contributed by atoms with E-state index in [1.165, 1.54) is 24.1 Å². The third-order valence-corrected chi connectivity index (χ3v) is 8.37. The second-order valence-corrected chi connectivity index (χ2v) is 12.3. The Kier molecular flexibility index (Phi) is 10.6. The van der Waals surface area contributed by atoms with E-state index in [9.17, 15) is 18.0 Å². The Bertz CT molecular complexity index is 1410. The van der Waals surface area contributed by atoms with Crippen molar-refractivity contribution in [2.75, 3.05) is 24.5 Å². The molecule has 0 saturated heterocycles. The van der Waals surface area contributed by atoms with Gasteiger partial charge in [0.2, 0.25) is 11.8 Å². The molecular weight excluding hydrogens is 550 g/mol. The van der Waals surface area contributed by atoms with Crippen LogP contribution in [0.3, 0.4) is 0 Å². The van der Waals surface area contributed by atoms with Gasteiger partial charge in [0.15, 0.2) is 0 Å². The largest absolute Gasteiger partial charge is 0.497 e. The summed E-state index contributed by atoms with van der Waals surface area (Å²) < 4.78 is 34.0. The summed E-state index contributed by atoms with van der Waals surface area (Å²) in [4.78, 5) is 28.4. The van der Waals surface area contributed by atoms with E-state index in [-0.39, 0.29) is 29.0 Å². The van der Waals surface area contributed by atoms with Gasteiger partial charge < -0.3 is 15.0 Å². The predicted octanol–water partition coefficient (Wildman–Crippen LogP) is 5.04. The number of carbonyl (C=O) groups excluding carboxylic acids is 2. The quantitative estimate of drug-likeness (QED) is 0.321. The Morgan fingerprint density at radius 1 is 0.975 bits per heavy atom. The summed E-state index contributed by atoms with van der Waals surface area (Å²) in [6.45, 7) is 7.43. The van der Waals surface area contributed by atoms with E-state index < -0.39 is 28.5 Å². The maximum absolute atomic E-state index is 13.9. The predicted molar refractivity (Wildman–Crippen MR) is 158 cm³/mol. The van der Waals surface area contributed by atoms with Crippen molar-refractivity contribution in [2.24, 2.45) is 5.92 Å². The van der Waals surface area contributed by atoms with Crippen molar-refractivity contribution < 1.29 is 22.7 Å². The number of ether oxygens (including phenoxy) is 1. The first-order chi connectivity index (χ1) is 18.9. The Morgan fingerprint density at radius 2 is 1.62 bits per heavy atom. The minimum absolute atomic E-state index is 0.0471. The second-order valence-electron chi connectivity index (χ2n) is 9.99. The van der Waals surface area contributed by atoms with Crippen LogP contribution in [-0.2, 0) is 26.2 Å². The Morgan fingerprint density at radius 3 is 2.20 bits per heavy atom. The molecule has 3 rings (SSSR count). The number of methoxy groups -OCH3 is 1. The van der Waals surface area contributed by atoms with E-state index in [4.69, 9.17) is 16.3 Å². The zero-order chi connectivity index (χ0) is 29.4. The van der Waals surface area contributed by atoms with Crippen molar-refractivity contribution in [1.29, 1.82) is 0 Å². The summed E-state index contributed by atoms with van der Waals surface area (Å²) in [5, 5.41) is 3.36. The van der Waals surface area contributed by atoms with Crippen molar-refractivity contribution in [1.82, 2.24) is 10.2 Å². The van der Waals surface area contributed by atoms with Gasteiger partial charge in [-0.05, 0) is 73.9 Å². The van der Waals surface area contributed by atoms with Crippen LogP contribution in [0.5, 0.6) is 5.75 Å². The van der Waals surface area contributed by atoms with E-state index >= 15 is 0 Å². The molecule has 1 atom stereocenters. The Labute approximate surface area is 241 Å². The van der Waals surface area contributed by atoms with Crippen molar-refractivity contribution in [2.45, 2.75) is 45.2 Å². The molecule has 0 bridgehead atoms. The number of amides is 2. The van der Waals surface area contributed by atoms with Gasteiger partial charge >= 0.3 is 0 Å². The molecule has 3 aromatic carbocycles. The Hall–Kier alpha value is -3.56. The lowest BCUT2D eigenvalue weighted by molar-refractivity contribution is -0.139. The summed E-state index contributed by atoms with van der Waals surface area (Å²) in [5.41, 5.74) is 1.90. The fourth-order valence-electron chi connectivity index (χ4n) is 3.98. The molecule has 0 aromatic heterocycles. The van der Waals surface area contributed by atoms with Gasteiger partial charge in [-0.2, -0.15) is 0 Å². The summed E-state index contributed by atoms with van der Waals surface area (Å²) >= 11 is 6.18. The van der Waals surface area contributed by atoms with Crippen LogP contribution in [0.4, 0.5) is 5.69 Å². The van der Waals surface area contributed by atoms with Crippen LogP contribution < -0.4 is 14.4 Å². The van der Waals surface area contributed by atoms with Crippen molar-refractivity contribution in [3.63, 3.8) is 0 Å². The topological polar surface area (TPSA) is 96.0 Å². The maximum Gasteiger partial charge on any atom is 0.264 e. The monoisotopic (exact) mass is 585 g/mol. The van der Waals surface area contributed by atoms with Gasteiger partial charge in [-0.3, -0.25) is 13.9 Å². The first-order valence-corrected chi connectivity index (χ1v) is 14.8. The van der Waals surface area contributed by atoms with Crippen molar-refractivity contribution in [3.05, 3.63) is 88.9 Å². The number of sulfonamides is 1. The lowest BCUT2D eigenvalue weighted by Gasteiger charge is -2.32. The van der Waals surface area contributed by atoms with Gasteiger partial charge in [0.1, 0.15) is 18.3 Å². The van der Waals surface area contributed by atoms with E-state index in [2.05, 4.69) is 5.32 Å². The molecule has 1 N–H and O–H groups in total. The molecule has 0 saturated carbocycles. The number of hydrogen-bond donors (Lipinski definition) is 1. The lowest BCUT2D eigenvalue weighted by Crippen LogP contribution is -2.51. The molecule has 0 fully saturated rings. The maximum atomic E-state index is 13.9. The molecule has 8 nitrogen and oxygen atoms in total. The van der Waals surface area contributed by atoms with Gasteiger partial charge in [0.05, 0.1) is 17.7 Å². The number of anilines is 1.